The SMILES string of the molecule is CC1(C)C(NC(=O)O)=N[C@]2(C)c3cc(N)ccc3OCC[C@@]2(F)S1(=O)=O. The van der Waals surface area contributed by atoms with Gasteiger partial charge in [-0.05, 0) is 39.0 Å². The Hall–Kier alpha value is -2.36. The lowest BCUT2D eigenvalue weighted by Gasteiger charge is -2.47. The van der Waals surface area contributed by atoms with E-state index in [9.17, 15) is 13.2 Å². The molecule has 0 aliphatic carbocycles. The second-order valence-electron chi connectivity index (χ2n) is 7.06. The number of nitrogen functional groups attached to an aromatic ring is 1. The largest absolute Gasteiger partial charge is 0.493 e. The minimum atomic E-state index is -4.54. The van der Waals surface area contributed by atoms with Gasteiger partial charge in [0, 0.05) is 17.7 Å². The molecule has 2 aliphatic heterocycles. The summed E-state index contributed by atoms with van der Waals surface area (Å²) in [6, 6.07) is 4.48. The van der Waals surface area contributed by atoms with Crippen LogP contribution in [-0.2, 0) is 15.4 Å². The number of nitrogens with one attached hydrogen (secondary N) is 1. The van der Waals surface area contributed by atoms with Gasteiger partial charge in [-0.15, -0.1) is 0 Å². The first kappa shape index (κ1) is 18.4. The van der Waals surface area contributed by atoms with E-state index in [1.54, 1.807) is 6.07 Å². The standard InChI is InChI=1S/C16H20FN3O5S/c1-14(2)12(19-13(21)22)20-15(3)10-8-9(18)4-5-11(10)25-7-6-16(15,17)26(14,23)24/h4-5,8H,6-7,18H2,1-3H3,(H,19,20)(H,21,22)/t15-,16-/m1/s1. The zero-order valence-corrected chi connectivity index (χ0v) is 15.4. The van der Waals surface area contributed by atoms with Crippen LogP contribution in [0.1, 0.15) is 32.8 Å². The van der Waals surface area contributed by atoms with Gasteiger partial charge >= 0.3 is 6.09 Å². The summed E-state index contributed by atoms with van der Waals surface area (Å²) in [6.45, 7) is 3.60. The van der Waals surface area contributed by atoms with E-state index in [4.69, 9.17) is 15.6 Å². The molecular weight excluding hydrogens is 365 g/mol. The van der Waals surface area contributed by atoms with Crippen LogP contribution in [-0.4, -0.2) is 41.8 Å². The minimum absolute atomic E-state index is 0.154. The number of ether oxygens (including phenoxy) is 1. The van der Waals surface area contributed by atoms with Gasteiger partial charge in [-0.2, -0.15) is 0 Å². The molecule has 142 valence electrons. The average molecular weight is 385 g/mol. The van der Waals surface area contributed by atoms with Crippen LogP contribution in [0.5, 0.6) is 5.75 Å². The maximum Gasteiger partial charge on any atom is 0.410 e. The van der Waals surface area contributed by atoms with Crippen molar-refractivity contribution in [2.45, 2.75) is 42.5 Å². The van der Waals surface area contributed by atoms with Crippen molar-refractivity contribution in [3.05, 3.63) is 23.8 Å². The van der Waals surface area contributed by atoms with E-state index in [0.717, 1.165) is 0 Å². The normalized spacial score (nSPS) is 31.5. The first-order valence-corrected chi connectivity index (χ1v) is 9.41. The second-order valence-corrected chi connectivity index (χ2v) is 9.73. The summed E-state index contributed by atoms with van der Waals surface area (Å²) in [5, 5.41) is 8.30. The van der Waals surface area contributed by atoms with Crippen molar-refractivity contribution in [2.24, 2.45) is 4.99 Å². The number of amidine groups is 1. The highest BCUT2D eigenvalue weighted by molar-refractivity contribution is 7.94. The number of fused-ring (bicyclic) bond motifs is 3. The summed E-state index contributed by atoms with van der Waals surface area (Å²) in [5.74, 6) is -0.0920. The fourth-order valence-electron chi connectivity index (χ4n) is 3.50. The van der Waals surface area contributed by atoms with Crippen molar-refractivity contribution in [1.82, 2.24) is 5.32 Å². The summed E-state index contributed by atoms with van der Waals surface area (Å²) in [5.41, 5.74) is 4.31. The Morgan fingerprint density at radius 2 is 2.04 bits per heavy atom. The zero-order valence-electron chi connectivity index (χ0n) is 14.5. The van der Waals surface area contributed by atoms with Gasteiger partial charge in [0.2, 0.25) is 5.00 Å². The predicted molar refractivity (Wildman–Crippen MR) is 93.8 cm³/mol. The number of halogens is 1. The van der Waals surface area contributed by atoms with E-state index < -0.39 is 37.6 Å². The van der Waals surface area contributed by atoms with Gasteiger partial charge in [0.25, 0.3) is 0 Å². The van der Waals surface area contributed by atoms with Crippen LogP contribution in [0.15, 0.2) is 23.2 Å². The summed E-state index contributed by atoms with van der Waals surface area (Å²) < 4.78 is 46.5. The lowest BCUT2D eigenvalue weighted by molar-refractivity contribution is 0.128. The first-order chi connectivity index (χ1) is 11.9. The van der Waals surface area contributed by atoms with Crippen molar-refractivity contribution in [2.75, 3.05) is 12.3 Å². The number of amides is 1. The first-order valence-electron chi connectivity index (χ1n) is 7.93. The molecule has 1 aromatic carbocycles. The van der Waals surface area contributed by atoms with Crippen molar-refractivity contribution in [1.29, 1.82) is 0 Å². The van der Waals surface area contributed by atoms with Gasteiger partial charge in [-0.1, -0.05) is 0 Å². The monoisotopic (exact) mass is 385 g/mol. The maximum atomic E-state index is 16.3. The number of rotatable bonds is 0. The molecule has 8 nitrogen and oxygen atoms in total. The summed E-state index contributed by atoms with van der Waals surface area (Å²) >= 11 is 0. The van der Waals surface area contributed by atoms with E-state index in [1.807, 2.05) is 5.32 Å². The van der Waals surface area contributed by atoms with Crippen LogP contribution in [0.3, 0.4) is 0 Å². The smallest absolute Gasteiger partial charge is 0.410 e. The molecule has 2 atom stereocenters. The number of nitrogens with two attached hydrogens (primary N) is 1. The average Bonchev–Trinajstić information content (AvgIpc) is 2.63. The minimum Gasteiger partial charge on any atom is -0.493 e. The summed E-state index contributed by atoms with van der Waals surface area (Å²) in [7, 11) is -4.54. The lowest BCUT2D eigenvalue weighted by atomic mass is 9.84. The Morgan fingerprint density at radius 3 is 2.65 bits per heavy atom. The highest BCUT2D eigenvalue weighted by Crippen LogP contribution is 2.56. The van der Waals surface area contributed by atoms with Crippen molar-refractivity contribution in [3.63, 3.8) is 0 Å². The van der Waals surface area contributed by atoms with Gasteiger partial charge in [-0.25, -0.2) is 17.6 Å². The predicted octanol–water partition coefficient (Wildman–Crippen LogP) is 1.81. The fourth-order valence-corrected chi connectivity index (χ4v) is 5.69. The lowest BCUT2D eigenvalue weighted by Crippen LogP contribution is -2.66. The number of hydrogen-bond acceptors (Lipinski definition) is 6. The van der Waals surface area contributed by atoms with Crippen LogP contribution in [0.4, 0.5) is 14.9 Å². The highest BCUT2D eigenvalue weighted by Gasteiger charge is 2.69. The van der Waals surface area contributed by atoms with Crippen LogP contribution in [0, 0.1) is 0 Å². The molecule has 0 saturated heterocycles. The number of alkyl halides is 1. The van der Waals surface area contributed by atoms with Gasteiger partial charge in [-0.3, -0.25) is 10.3 Å². The number of nitrogens with zero attached hydrogens (tertiary/aromatic N) is 1. The molecule has 26 heavy (non-hydrogen) atoms. The molecule has 0 fully saturated rings. The second kappa shape index (κ2) is 5.32. The maximum absolute atomic E-state index is 16.3. The third kappa shape index (κ3) is 2.14. The molecular formula is C16H20FN3O5S. The van der Waals surface area contributed by atoms with Gasteiger partial charge < -0.3 is 15.6 Å². The third-order valence-corrected chi connectivity index (χ3v) is 8.16. The van der Waals surface area contributed by atoms with Gasteiger partial charge in [0.15, 0.2) is 9.84 Å². The molecule has 3 rings (SSSR count). The van der Waals surface area contributed by atoms with E-state index >= 15 is 4.39 Å². The molecule has 0 spiro atoms. The fraction of sp³-hybridized carbons (Fsp3) is 0.500. The molecule has 0 unspecified atom stereocenters. The van der Waals surface area contributed by atoms with Gasteiger partial charge in [0.1, 0.15) is 21.9 Å². The Labute approximate surface area is 150 Å². The van der Waals surface area contributed by atoms with E-state index in [-0.39, 0.29) is 29.4 Å². The number of hydrogen-bond donors (Lipinski definition) is 3. The van der Waals surface area contributed by atoms with Crippen molar-refractivity contribution < 1.29 is 27.4 Å². The third-order valence-electron chi connectivity index (χ3n) is 5.17. The summed E-state index contributed by atoms with van der Waals surface area (Å²) in [6.07, 6.45) is -1.94. The van der Waals surface area contributed by atoms with Crippen molar-refractivity contribution >= 4 is 27.5 Å². The van der Waals surface area contributed by atoms with Crippen LogP contribution >= 0.6 is 0 Å². The number of carbonyl (C=O) groups is 1. The number of sulfone groups is 1. The number of anilines is 1. The molecule has 1 amide bonds. The quantitative estimate of drug-likeness (QED) is 0.584. The molecule has 4 N–H and O–H groups in total. The number of aliphatic imine (C=N–C) groups is 1. The Bertz CT molecular complexity index is 930. The van der Waals surface area contributed by atoms with E-state index in [2.05, 4.69) is 4.99 Å². The molecule has 10 heteroatoms. The van der Waals surface area contributed by atoms with Crippen LogP contribution in [0.25, 0.3) is 0 Å². The number of benzene rings is 1. The molecule has 0 radical (unpaired) electrons. The van der Waals surface area contributed by atoms with Crippen LogP contribution in [0.2, 0.25) is 0 Å². The van der Waals surface area contributed by atoms with Crippen molar-refractivity contribution in [3.8, 4) is 5.75 Å². The highest BCUT2D eigenvalue weighted by atomic mass is 32.2. The number of carboxylic acid groups (broad SMARTS) is 1. The molecule has 0 aromatic heterocycles. The molecule has 2 heterocycles. The van der Waals surface area contributed by atoms with E-state index in [1.165, 1.54) is 32.9 Å². The Kier molecular flexibility index (Phi) is 3.77. The molecule has 0 saturated carbocycles. The molecule has 2 aliphatic rings. The Balaban J connectivity index is 2.41. The molecule has 0 bridgehead atoms. The van der Waals surface area contributed by atoms with E-state index in [0.29, 0.717) is 0 Å². The molecule has 1 aromatic rings. The van der Waals surface area contributed by atoms with Crippen LogP contribution < -0.4 is 15.8 Å². The Morgan fingerprint density at radius 1 is 1.38 bits per heavy atom. The summed E-state index contributed by atoms with van der Waals surface area (Å²) in [4.78, 5) is 15.4. The topological polar surface area (TPSA) is 131 Å². The zero-order chi connectivity index (χ0) is 19.5. The van der Waals surface area contributed by atoms with Gasteiger partial charge in [0.05, 0.1) is 6.61 Å².